The standard InChI is InChI=1S/C17H27BrN2/c1-17(2,3)14-7-10-20(11-8-14)15-5-4-13(6-9-19)16(18)12-15/h4-5,12,14H,6-11,19H2,1-3H3. The Hall–Kier alpha value is -0.540. The van der Waals surface area contributed by atoms with Gasteiger partial charge in [-0.1, -0.05) is 42.8 Å². The fourth-order valence-corrected chi connectivity index (χ4v) is 3.66. The van der Waals surface area contributed by atoms with Crippen molar-refractivity contribution >= 4 is 21.6 Å². The zero-order valence-corrected chi connectivity index (χ0v) is 14.5. The Morgan fingerprint density at radius 3 is 2.40 bits per heavy atom. The van der Waals surface area contributed by atoms with Crippen LogP contribution in [0.2, 0.25) is 0 Å². The molecule has 3 heteroatoms. The van der Waals surface area contributed by atoms with Gasteiger partial charge in [0.2, 0.25) is 0 Å². The summed E-state index contributed by atoms with van der Waals surface area (Å²) < 4.78 is 1.19. The highest BCUT2D eigenvalue weighted by Crippen LogP contribution is 2.36. The van der Waals surface area contributed by atoms with Crippen LogP contribution in [0.3, 0.4) is 0 Å². The molecule has 0 atom stereocenters. The lowest BCUT2D eigenvalue weighted by molar-refractivity contribution is 0.199. The minimum atomic E-state index is 0.442. The van der Waals surface area contributed by atoms with Crippen LogP contribution in [0.15, 0.2) is 22.7 Å². The smallest absolute Gasteiger partial charge is 0.0377 e. The maximum absolute atomic E-state index is 5.64. The van der Waals surface area contributed by atoms with Crippen molar-refractivity contribution in [1.29, 1.82) is 0 Å². The maximum atomic E-state index is 5.64. The zero-order chi connectivity index (χ0) is 14.8. The van der Waals surface area contributed by atoms with Crippen LogP contribution >= 0.6 is 15.9 Å². The number of nitrogens with two attached hydrogens (primary N) is 1. The number of hydrogen-bond acceptors (Lipinski definition) is 2. The Kier molecular flexibility index (Phi) is 5.14. The van der Waals surface area contributed by atoms with Crippen LogP contribution in [-0.2, 0) is 6.42 Å². The van der Waals surface area contributed by atoms with E-state index in [1.165, 1.54) is 41.7 Å². The second kappa shape index (κ2) is 6.48. The first-order valence-corrected chi connectivity index (χ1v) is 8.44. The van der Waals surface area contributed by atoms with Crippen molar-refractivity contribution in [3.05, 3.63) is 28.2 Å². The molecule has 1 aliphatic rings. The first-order valence-electron chi connectivity index (χ1n) is 7.65. The average Bonchev–Trinajstić information content (AvgIpc) is 2.40. The third-order valence-corrected chi connectivity index (χ3v) is 5.27. The van der Waals surface area contributed by atoms with E-state index in [1.54, 1.807) is 0 Å². The van der Waals surface area contributed by atoms with E-state index in [0.29, 0.717) is 12.0 Å². The summed E-state index contributed by atoms with van der Waals surface area (Å²) in [5.41, 5.74) is 8.72. The Morgan fingerprint density at radius 1 is 1.25 bits per heavy atom. The molecule has 0 aliphatic carbocycles. The Bertz CT molecular complexity index is 443. The van der Waals surface area contributed by atoms with Gasteiger partial charge in [-0.2, -0.15) is 0 Å². The monoisotopic (exact) mass is 338 g/mol. The maximum Gasteiger partial charge on any atom is 0.0377 e. The molecule has 2 nitrogen and oxygen atoms in total. The van der Waals surface area contributed by atoms with Crippen molar-refractivity contribution in [3.63, 3.8) is 0 Å². The summed E-state index contributed by atoms with van der Waals surface area (Å²) in [5.74, 6) is 0.846. The number of rotatable bonds is 3. The van der Waals surface area contributed by atoms with Gasteiger partial charge in [-0.25, -0.2) is 0 Å². The highest BCUT2D eigenvalue weighted by atomic mass is 79.9. The lowest BCUT2D eigenvalue weighted by Gasteiger charge is -2.39. The molecular formula is C17H27BrN2. The molecule has 1 saturated heterocycles. The van der Waals surface area contributed by atoms with Crippen molar-refractivity contribution in [1.82, 2.24) is 0 Å². The van der Waals surface area contributed by atoms with Gasteiger partial charge < -0.3 is 10.6 Å². The van der Waals surface area contributed by atoms with Crippen molar-refractivity contribution in [2.45, 2.75) is 40.0 Å². The molecule has 0 radical (unpaired) electrons. The van der Waals surface area contributed by atoms with Crippen LogP contribution in [0.4, 0.5) is 5.69 Å². The van der Waals surface area contributed by atoms with E-state index >= 15 is 0 Å². The van der Waals surface area contributed by atoms with Gasteiger partial charge >= 0.3 is 0 Å². The fraction of sp³-hybridized carbons (Fsp3) is 0.647. The molecule has 0 saturated carbocycles. The zero-order valence-electron chi connectivity index (χ0n) is 13.0. The van der Waals surface area contributed by atoms with E-state index in [0.717, 1.165) is 12.3 Å². The predicted molar refractivity (Wildman–Crippen MR) is 91.3 cm³/mol. The number of anilines is 1. The molecule has 1 fully saturated rings. The first-order chi connectivity index (χ1) is 9.41. The molecule has 20 heavy (non-hydrogen) atoms. The number of nitrogens with zero attached hydrogens (tertiary/aromatic N) is 1. The van der Waals surface area contributed by atoms with Gasteiger partial charge in [0.15, 0.2) is 0 Å². The van der Waals surface area contributed by atoms with Gasteiger partial charge in [-0.05, 0) is 54.8 Å². The van der Waals surface area contributed by atoms with E-state index in [1.807, 2.05) is 0 Å². The van der Waals surface area contributed by atoms with Crippen LogP contribution in [0.5, 0.6) is 0 Å². The van der Waals surface area contributed by atoms with Crippen LogP contribution in [0.25, 0.3) is 0 Å². The summed E-state index contributed by atoms with van der Waals surface area (Å²) in [7, 11) is 0. The Balaban J connectivity index is 2.02. The Morgan fingerprint density at radius 2 is 1.90 bits per heavy atom. The second-order valence-corrected chi connectivity index (χ2v) is 7.80. The molecule has 112 valence electrons. The molecule has 0 unspecified atom stereocenters. The molecule has 1 aliphatic heterocycles. The molecule has 0 spiro atoms. The number of benzene rings is 1. The second-order valence-electron chi connectivity index (χ2n) is 6.94. The molecular weight excluding hydrogens is 312 g/mol. The summed E-state index contributed by atoms with van der Waals surface area (Å²) in [6.07, 6.45) is 3.53. The minimum Gasteiger partial charge on any atom is -0.371 e. The van der Waals surface area contributed by atoms with Crippen molar-refractivity contribution < 1.29 is 0 Å². The Labute approximate surface area is 131 Å². The van der Waals surface area contributed by atoms with E-state index in [2.05, 4.69) is 59.8 Å². The van der Waals surface area contributed by atoms with E-state index in [-0.39, 0.29) is 0 Å². The van der Waals surface area contributed by atoms with Gasteiger partial charge in [-0.3, -0.25) is 0 Å². The average molecular weight is 339 g/mol. The highest BCUT2D eigenvalue weighted by molar-refractivity contribution is 9.10. The quantitative estimate of drug-likeness (QED) is 0.894. The van der Waals surface area contributed by atoms with E-state index in [9.17, 15) is 0 Å². The number of halogens is 1. The summed E-state index contributed by atoms with van der Waals surface area (Å²) >= 11 is 3.68. The van der Waals surface area contributed by atoms with Gasteiger partial charge in [0, 0.05) is 23.2 Å². The topological polar surface area (TPSA) is 29.3 Å². The summed E-state index contributed by atoms with van der Waals surface area (Å²) in [5, 5.41) is 0. The molecule has 1 aromatic rings. The molecule has 0 bridgehead atoms. The molecule has 1 heterocycles. The first kappa shape index (κ1) is 15.8. The summed E-state index contributed by atoms with van der Waals surface area (Å²) in [6, 6.07) is 6.71. The summed E-state index contributed by atoms with van der Waals surface area (Å²) in [6.45, 7) is 10.1. The lowest BCUT2D eigenvalue weighted by atomic mass is 9.75. The fourth-order valence-electron chi connectivity index (χ4n) is 3.09. The normalized spacial score (nSPS) is 17.6. The van der Waals surface area contributed by atoms with Gasteiger partial charge in [-0.15, -0.1) is 0 Å². The molecule has 1 aromatic carbocycles. The third-order valence-electron chi connectivity index (χ3n) is 4.54. The predicted octanol–water partition coefficient (Wildman–Crippen LogP) is 4.21. The van der Waals surface area contributed by atoms with Crippen LogP contribution in [-0.4, -0.2) is 19.6 Å². The van der Waals surface area contributed by atoms with Crippen LogP contribution < -0.4 is 10.6 Å². The minimum absolute atomic E-state index is 0.442. The van der Waals surface area contributed by atoms with Crippen LogP contribution in [0.1, 0.15) is 39.2 Å². The van der Waals surface area contributed by atoms with E-state index in [4.69, 9.17) is 5.73 Å². The van der Waals surface area contributed by atoms with Crippen molar-refractivity contribution in [2.24, 2.45) is 17.1 Å². The summed E-state index contributed by atoms with van der Waals surface area (Å²) in [4.78, 5) is 2.51. The van der Waals surface area contributed by atoms with Crippen molar-refractivity contribution in [2.75, 3.05) is 24.5 Å². The molecule has 2 rings (SSSR count). The van der Waals surface area contributed by atoms with Gasteiger partial charge in [0.1, 0.15) is 0 Å². The SMILES string of the molecule is CC(C)(C)C1CCN(c2ccc(CCN)c(Br)c2)CC1. The molecule has 2 N–H and O–H groups in total. The van der Waals surface area contributed by atoms with Gasteiger partial charge in [0.05, 0.1) is 0 Å². The van der Waals surface area contributed by atoms with Crippen LogP contribution in [0, 0.1) is 11.3 Å². The van der Waals surface area contributed by atoms with Crippen molar-refractivity contribution in [3.8, 4) is 0 Å². The molecule has 0 amide bonds. The highest BCUT2D eigenvalue weighted by Gasteiger charge is 2.28. The van der Waals surface area contributed by atoms with E-state index < -0.39 is 0 Å². The number of piperidine rings is 1. The largest absolute Gasteiger partial charge is 0.371 e. The lowest BCUT2D eigenvalue weighted by Crippen LogP contribution is -2.38. The third kappa shape index (κ3) is 3.76. The number of hydrogen-bond donors (Lipinski definition) is 1. The molecule has 0 aromatic heterocycles. The van der Waals surface area contributed by atoms with Gasteiger partial charge in [0.25, 0.3) is 0 Å².